The van der Waals surface area contributed by atoms with Crippen LogP contribution in [0.5, 0.6) is 0 Å². The Labute approximate surface area is 220 Å². The molecule has 206 valence electrons. The topological polar surface area (TPSA) is 32.3 Å². The van der Waals surface area contributed by atoms with Gasteiger partial charge in [-0.2, -0.15) is 0 Å². The van der Waals surface area contributed by atoms with E-state index >= 15 is 0 Å². The molecule has 1 atom stereocenters. The maximum absolute atomic E-state index is 11.0. The molecule has 1 aliphatic rings. The molecule has 0 saturated carbocycles. The summed E-state index contributed by atoms with van der Waals surface area (Å²) < 4.78 is 0. The first-order valence-corrected chi connectivity index (χ1v) is 15.4. The van der Waals surface area contributed by atoms with Gasteiger partial charge in [-0.25, -0.2) is 0 Å². The molecule has 0 spiro atoms. The number of unbranched alkanes of at least 4 members (excludes halogenated alkanes) is 15. The molecule has 1 aliphatic carbocycles. The molecule has 0 aliphatic heterocycles. The molecule has 0 saturated heterocycles. The van der Waals surface area contributed by atoms with E-state index in [4.69, 9.17) is 0 Å². The van der Waals surface area contributed by atoms with Crippen LogP contribution in [0.3, 0.4) is 0 Å². The molecule has 2 N–H and O–H groups in total. The number of hydrogen-bond donors (Lipinski definition) is 2. The number of rotatable bonds is 19. The first-order chi connectivity index (χ1) is 16.6. The van der Waals surface area contributed by atoms with Crippen LogP contribution in [0.2, 0.25) is 0 Å². The highest BCUT2D eigenvalue weighted by Crippen LogP contribution is 2.44. The third-order valence-electron chi connectivity index (χ3n) is 7.83. The minimum absolute atomic E-state index is 0.0207. The molecule has 1 rings (SSSR count). The van der Waals surface area contributed by atoms with Gasteiger partial charge >= 0.3 is 0 Å². The van der Waals surface area contributed by atoms with Crippen molar-refractivity contribution in [3.8, 4) is 0 Å². The van der Waals surface area contributed by atoms with Crippen LogP contribution >= 0.6 is 0 Å². The lowest BCUT2D eigenvalue weighted by Crippen LogP contribution is -2.31. The third-order valence-corrected chi connectivity index (χ3v) is 7.83. The van der Waals surface area contributed by atoms with Crippen LogP contribution in [0, 0.1) is 16.7 Å². The predicted molar refractivity (Wildman–Crippen MR) is 157 cm³/mol. The summed E-state index contributed by atoms with van der Waals surface area (Å²) in [6.07, 6.45) is 26.0. The van der Waals surface area contributed by atoms with Gasteiger partial charge in [0.2, 0.25) is 0 Å². The second-order valence-corrected chi connectivity index (χ2v) is 13.5. The summed E-state index contributed by atoms with van der Waals surface area (Å²) in [4.78, 5) is 0. The molecular formula is C33H63NO. The number of aliphatic hydroxyl groups is 1. The van der Waals surface area contributed by atoms with Gasteiger partial charge in [0, 0.05) is 12.5 Å². The second-order valence-electron chi connectivity index (χ2n) is 13.5. The quantitative estimate of drug-likeness (QED) is 0.177. The van der Waals surface area contributed by atoms with Crippen molar-refractivity contribution < 1.29 is 5.11 Å². The fraction of sp³-hybridized carbons (Fsp3) is 0.879. The summed E-state index contributed by atoms with van der Waals surface area (Å²) in [5.41, 5.74) is 2.63. The minimum atomic E-state index is -0.0207. The van der Waals surface area contributed by atoms with Gasteiger partial charge in [0.05, 0.1) is 5.76 Å². The number of nitrogens with one attached hydrogen (secondary N) is 1. The van der Waals surface area contributed by atoms with Gasteiger partial charge in [0.25, 0.3) is 0 Å². The molecule has 0 heterocycles. The van der Waals surface area contributed by atoms with Gasteiger partial charge in [-0.3, -0.25) is 0 Å². The lowest BCUT2D eigenvalue weighted by molar-refractivity contribution is 0.187. The lowest BCUT2D eigenvalue weighted by atomic mass is 9.69. The van der Waals surface area contributed by atoms with Crippen LogP contribution in [-0.4, -0.2) is 18.2 Å². The van der Waals surface area contributed by atoms with E-state index < -0.39 is 0 Å². The van der Waals surface area contributed by atoms with Crippen LogP contribution in [0.15, 0.2) is 23.0 Å². The maximum atomic E-state index is 11.0. The Kier molecular flexibility index (Phi) is 16.3. The summed E-state index contributed by atoms with van der Waals surface area (Å²) in [6, 6.07) is 0. The van der Waals surface area contributed by atoms with E-state index in [9.17, 15) is 5.11 Å². The fourth-order valence-electron chi connectivity index (χ4n) is 5.37. The summed E-state index contributed by atoms with van der Waals surface area (Å²) >= 11 is 0. The van der Waals surface area contributed by atoms with Crippen LogP contribution in [0.25, 0.3) is 0 Å². The monoisotopic (exact) mass is 489 g/mol. The SMILES string of the molecule is CCCCCCCCCCCCCCCCCCNCC1=CC(C(C)(C)C)=C(O)C(C(C)(C)C)C1. The Bertz CT molecular complexity index is 602. The van der Waals surface area contributed by atoms with Gasteiger partial charge in [0.1, 0.15) is 0 Å². The van der Waals surface area contributed by atoms with Gasteiger partial charge in [-0.15, -0.1) is 0 Å². The normalized spacial score (nSPS) is 17.2. The van der Waals surface area contributed by atoms with Gasteiger partial charge in [-0.05, 0) is 35.8 Å². The zero-order chi connectivity index (χ0) is 26.2. The van der Waals surface area contributed by atoms with Crippen molar-refractivity contribution in [3.05, 3.63) is 23.0 Å². The second kappa shape index (κ2) is 17.7. The van der Waals surface area contributed by atoms with Gasteiger partial charge < -0.3 is 10.4 Å². The third kappa shape index (κ3) is 14.5. The van der Waals surface area contributed by atoms with E-state index in [1.807, 2.05) is 0 Å². The molecule has 0 bridgehead atoms. The first-order valence-electron chi connectivity index (χ1n) is 15.4. The van der Waals surface area contributed by atoms with E-state index in [1.165, 1.54) is 108 Å². The lowest BCUT2D eigenvalue weighted by Gasteiger charge is -2.37. The van der Waals surface area contributed by atoms with E-state index in [2.05, 4.69) is 59.9 Å². The van der Waals surface area contributed by atoms with Gasteiger partial charge in [-0.1, -0.05) is 156 Å². The van der Waals surface area contributed by atoms with Crippen molar-refractivity contribution in [1.29, 1.82) is 0 Å². The Morgan fingerprint density at radius 3 is 1.54 bits per heavy atom. The van der Waals surface area contributed by atoms with E-state index in [0.29, 0.717) is 5.76 Å². The fourth-order valence-corrected chi connectivity index (χ4v) is 5.37. The summed E-state index contributed by atoms with van der Waals surface area (Å²) in [5, 5.41) is 14.7. The largest absolute Gasteiger partial charge is 0.512 e. The van der Waals surface area contributed by atoms with Crippen LogP contribution in [-0.2, 0) is 0 Å². The van der Waals surface area contributed by atoms with E-state index in [1.54, 1.807) is 0 Å². The molecule has 2 nitrogen and oxygen atoms in total. The van der Waals surface area contributed by atoms with Crippen LogP contribution < -0.4 is 5.32 Å². The van der Waals surface area contributed by atoms with Crippen LogP contribution in [0.1, 0.15) is 158 Å². The molecule has 0 amide bonds. The van der Waals surface area contributed by atoms with Crippen molar-refractivity contribution in [1.82, 2.24) is 5.32 Å². The van der Waals surface area contributed by atoms with E-state index in [-0.39, 0.29) is 16.7 Å². The number of aliphatic hydroxyl groups excluding tert-OH is 1. The summed E-state index contributed by atoms with van der Waals surface area (Å²) in [5.74, 6) is 0.834. The molecule has 35 heavy (non-hydrogen) atoms. The maximum Gasteiger partial charge on any atom is 0.0999 e. The zero-order valence-electron chi connectivity index (χ0n) is 25.0. The molecule has 1 unspecified atom stereocenters. The van der Waals surface area contributed by atoms with Crippen LogP contribution in [0.4, 0.5) is 0 Å². The molecule has 0 aromatic carbocycles. The smallest absolute Gasteiger partial charge is 0.0999 e. The standard InChI is InChI=1S/C33H63NO/c1-8-9-10-11-12-13-14-15-16-17-18-19-20-21-22-23-24-34-27-28-25-29(32(2,3)4)31(35)30(26-28)33(5,6)7/h25,30,34-35H,8-24,26-27H2,1-7H3. The predicted octanol–water partition coefficient (Wildman–Crippen LogP) is 10.7. The molecule has 2 heteroatoms. The first kappa shape index (κ1) is 32.3. The highest BCUT2D eigenvalue weighted by molar-refractivity contribution is 5.37. The average molecular weight is 490 g/mol. The molecule has 0 aromatic rings. The Morgan fingerprint density at radius 1 is 0.714 bits per heavy atom. The summed E-state index contributed by atoms with van der Waals surface area (Å²) in [7, 11) is 0. The van der Waals surface area contributed by atoms with Crippen molar-refractivity contribution in [2.75, 3.05) is 13.1 Å². The summed E-state index contributed by atoms with van der Waals surface area (Å²) in [6.45, 7) is 17.7. The average Bonchev–Trinajstić information content (AvgIpc) is 2.77. The molecule has 0 fully saturated rings. The zero-order valence-corrected chi connectivity index (χ0v) is 25.0. The van der Waals surface area contributed by atoms with Crippen molar-refractivity contribution >= 4 is 0 Å². The van der Waals surface area contributed by atoms with Crippen molar-refractivity contribution in [2.24, 2.45) is 16.7 Å². The van der Waals surface area contributed by atoms with Gasteiger partial charge in [0.15, 0.2) is 0 Å². The Hall–Kier alpha value is -0.760. The Balaban J connectivity index is 2.07. The molecule has 0 radical (unpaired) electrons. The van der Waals surface area contributed by atoms with Crippen molar-refractivity contribution in [2.45, 2.75) is 158 Å². The van der Waals surface area contributed by atoms with E-state index in [0.717, 1.165) is 25.1 Å². The minimum Gasteiger partial charge on any atom is -0.512 e. The number of allylic oxidation sites excluding steroid dienone is 3. The molecular weight excluding hydrogens is 426 g/mol. The van der Waals surface area contributed by atoms with Crippen molar-refractivity contribution in [3.63, 3.8) is 0 Å². The Morgan fingerprint density at radius 2 is 1.14 bits per heavy atom. The highest BCUT2D eigenvalue weighted by atomic mass is 16.3. The number of hydrogen-bond acceptors (Lipinski definition) is 2. The highest BCUT2D eigenvalue weighted by Gasteiger charge is 2.35. The molecule has 0 aromatic heterocycles.